The van der Waals surface area contributed by atoms with Crippen LogP contribution in [0.5, 0.6) is 0 Å². The Labute approximate surface area is 107 Å². The molecule has 0 fully saturated rings. The summed E-state index contributed by atoms with van der Waals surface area (Å²) in [7, 11) is 0. The van der Waals surface area contributed by atoms with Gasteiger partial charge in [0.2, 0.25) is 0 Å². The predicted octanol–water partition coefficient (Wildman–Crippen LogP) is -0.0742. The highest BCUT2D eigenvalue weighted by Gasteiger charge is 2.24. The minimum absolute atomic E-state index is 0.0730. The van der Waals surface area contributed by atoms with Crippen molar-refractivity contribution in [1.29, 1.82) is 0 Å². The highest BCUT2D eigenvalue weighted by molar-refractivity contribution is 6.04. The smallest absolute Gasteiger partial charge is 0.272 e. The average molecular weight is 263 g/mol. The molecule has 0 unspecified atom stereocenters. The van der Waals surface area contributed by atoms with Gasteiger partial charge in [0.05, 0.1) is 16.5 Å². The summed E-state index contributed by atoms with van der Waals surface area (Å²) in [5.41, 5.74) is -2.40. The van der Waals surface area contributed by atoms with Crippen molar-refractivity contribution < 1.29 is 9.90 Å². The molecule has 0 spiro atoms. The number of carbonyl (C=O) groups excluding carboxylic acids is 1. The highest BCUT2D eigenvalue weighted by atomic mass is 16.3. The number of hydrogen-bond donors (Lipinski definition) is 4. The molecule has 1 heterocycles. The van der Waals surface area contributed by atoms with Gasteiger partial charge in [-0.25, -0.2) is 0 Å². The Balaban J connectivity index is 2.63. The summed E-state index contributed by atoms with van der Waals surface area (Å²) in [4.78, 5) is 35.0. The third-order valence-corrected chi connectivity index (χ3v) is 2.63. The average Bonchev–Trinajstić information content (AvgIpc) is 2.33. The van der Waals surface area contributed by atoms with Crippen LogP contribution in [0, 0.1) is 0 Å². The monoisotopic (exact) mass is 263 g/mol. The molecule has 19 heavy (non-hydrogen) atoms. The maximum atomic E-state index is 11.7. The van der Waals surface area contributed by atoms with E-state index >= 15 is 0 Å². The Hall–Kier alpha value is -2.41. The molecular weight excluding hydrogens is 250 g/mol. The van der Waals surface area contributed by atoms with Crippen LogP contribution in [0.4, 0.5) is 5.69 Å². The molecule has 2 aromatic rings. The molecule has 100 valence electrons. The van der Waals surface area contributed by atoms with Crippen molar-refractivity contribution in [2.45, 2.75) is 19.4 Å². The molecule has 0 saturated carbocycles. The number of aliphatic hydroxyl groups is 1. The van der Waals surface area contributed by atoms with Crippen LogP contribution in [0.3, 0.4) is 0 Å². The van der Waals surface area contributed by atoms with Gasteiger partial charge in [0, 0.05) is 0 Å². The molecule has 1 aromatic heterocycles. The summed E-state index contributed by atoms with van der Waals surface area (Å²) >= 11 is 0. The van der Waals surface area contributed by atoms with Gasteiger partial charge >= 0.3 is 0 Å². The van der Waals surface area contributed by atoms with Gasteiger partial charge in [-0.1, -0.05) is 6.07 Å². The number of nitrogens with one attached hydrogen (secondary N) is 3. The van der Waals surface area contributed by atoms with E-state index in [-0.39, 0.29) is 16.5 Å². The molecule has 0 aliphatic carbocycles. The number of aromatic amines is 2. The molecular formula is C12H13N3O4. The van der Waals surface area contributed by atoms with Crippen molar-refractivity contribution in [3.8, 4) is 0 Å². The minimum atomic E-state index is -1.59. The van der Waals surface area contributed by atoms with E-state index in [1.54, 1.807) is 0 Å². The van der Waals surface area contributed by atoms with Crippen LogP contribution in [0.15, 0.2) is 27.8 Å². The van der Waals surface area contributed by atoms with Gasteiger partial charge in [-0.05, 0) is 26.0 Å². The van der Waals surface area contributed by atoms with Crippen LogP contribution in [0.25, 0.3) is 10.8 Å². The van der Waals surface area contributed by atoms with Crippen molar-refractivity contribution in [3.63, 3.8) is 0 Å². The lowest BCUT2D eigenvalue weighted by atomic mass is 10.1. The first-order valence-corrected chi connectivity index (χ1v) is 5.58. The molecule has 4 N–H and O–H groups in total. The molecule has 0 radical (unpaired) electrons. The first-order chi connectivity index (χ1) is 8.80. The van der Waals surface area contributed by atoms with E-state index in [1.807, 2.05) is 0 Å². The second kappa shape index (κ2) is 4.36. The summed E-state index contributed by atoms with van der Waals surface area (Å²) in [6.07, 6.45) is 0. The van der Waals surface area contributed by atoms with Gasteiger partial charge in [0.15, 0.2) is 0 Å². The molecule has 2 rings (SSSR count). The molecule has 0 saturated heterocycles. The van der Waals surface area contributed by atoms with Crippen molar-refractivity contribution in [2.24, 2.45) is 0 Å². The molecule has 1 aromatic carbocycles. The summed E-state index contributed by atoms with van der Waals surface area (Å²) in [5, 5.41) is 16.6. The van der Waals surface area contributed by atoms with Crippen LogP contribution < -0.4 is 16.4 Å². The maximum absolute atomic E-state index is 11.7. The second-order valence-corrected chi connectivity index (χ2v) is 4.65. The topological polar surface area (TPSA) is 115 Å². The number of carbonyl (C=O) groups is 1. The summed E-state index contributed by atoms with van der Waals surface area (Å²) < 4.78 is 0. The van der Waals surface area contributed by atoms with Crippen molar-refractivity contribution >= 4 is 22.4 Å². The fourth-order valence-electron chi connectivity index (χ4n) is 1.61. The summed E-state index contributed by atoms with van der Waals surface area (Å²) in [5.74, 6) is -0.667. The lowest BCUT2D eigenvalue weighted by Gasteiger charge is -2.17. The maximum Gasteiger partial charge on any atom is 0.272 e. The fourth-order valence-corrected chi connectivity index (χ4v) is 1.61. The number of hydrogen-bond acceptors (Lipinski definition) is 4. The first kappa shape index (κ1) is 13.0. The quantitative estimate of drug-likeness (QED) is 0.606. The van der Waals surface area contributed by atoms with Crippen LogP contribution in [-0.4, -0.2) is 26.8 Å². The van der Waals surface area contributed by atoms with E-state index < -0.39 is 22.6 Å². The predicted molar refractivity (Wildman–Crippen MR) is 70.1 cm³/mol. The number of rotatable bonds is 2. The normalized spacial score (nSPS) is 11.5. The van der Waals surface area contributed by atoms with Crippen LogP contribution in [0.1, 0.15) is 13.8 Å². The Morgan fingerprint density at radius 1 is 1.21 bits per heavy atom. The Morgan fingerprint density at radius 2 is 1.84 bits per heavy atom. The van der Waals surface area contributed by atoms with Crippen LogP contribution >= 0.6 is 0 Å². The molecule has 7 heteroatoms. The second-order valence-electron chi connectivity index (χ2n) is 4.65. The van der Waals surface area contributed by atoms with E-state index in [4.69, 9.17) is 0 Å². The third kappa shape index (κ3) is 2.41. The van der Waals surface area contributed by atoms with Gasteiger partial charge in [-0.3, -0.25) is 24.6 Å². The standard InChI is InChI=1S/C12H13N3O4/c1-12(2,19)11(18)13-7-5-3-4-6-8(7)10(17)15-14-9(6)16/h3-5,19H,1-2H3,(H,13,18)(H,14,16)(H,15,17). The lowest BCUT2D eigenvalue weighted by Crippen LogP contribution is -2.37. The summed E-state index contributed by atoms with van der Waals surface area (Å²) in [6.45, 7) is 2.65. The van der Waals surface area contributed by atoms with E-state index in [2.05, 4.69) is 15.5 Å². The number of amides is 1. The molecule has 0 bridgehead atoms. The zero-order chi connectivity index (χ0) is 14.2. The fraction of sp³-hybridized carbons (Fsp3) is 0.250. The number of aromatic nitrogens is 2. The molecule has 0 atom stereocenters. The van der Waals surface area contributed by atoms with Gasteiger partial charge in [0.1, 0.15) is 5.60 Å². The zero-order valence-corrected chi connectivity index (χ0v) is 10.4. The van der Waals surface area contributed by atoms with Crippen LogP contribution in [0.2, 0.25) is 0 Å². The Morgan fingerprint density at radius 3 is 2.47 bits per heavy atom. The Bertz CT molecular complexity index is 752. The number of H-pyrrole nitrogens is 2. The van der Waals surface area contributed by atoms with Gasteiger partial charge in [-0.2, -0.15) is 0 Å². The summed E-state index contributed by atoms with van der Waals surface area (Å²) in [6, 6.07) is 4.50. The Kier molecular flexibility index (Phi) is 2.99. The highest BCUT2D eigenvalue weighted by Crippen LogP contribution is 2.18. The van der Waals surface area contributed by atoms with E-state index in [0.29, 0.717) is 0 Å². The van der Waals surface area contributed by atoms with Crippen molar-refractivity contribution in [2.75, 3.05) is 5.32 Å². The van der Waals surface area contributed by atoms with Gasteiger partial charge in [0.25, 0.3) is 17.0 Å². The van der Waals surface area contributed by atoms with Gasteiger partial charge in [-0.15, -0.1) is 0 Å². The van der Waals surface area contributed by atoms with E-state index in [9.17, 15) is 19.5 Å². The molecule has 0 aliphatic rings. The first-order valence-electron chi connectivity index (χ1n) is 5.58. The van der Waals surface area contributed by atoms with E-state index in [1.165, 1.54) is 32.0 Å². The number of fused-ring (bicyclic) bond motifs is 1. The van der Waals surface area contributed by atoms with E-state index in [0.717, 1.165) is 0 Å². The number of anilines is 1. The largest absolute Gasteiger partial charge is 0.381 e. The van der Waals surface area contributed by atoms with Crippen molar-refractivity contribution in [3.05, 3.63) is 38.9 Å². The van der Waals surface area contributed by atoms with Gasteiger partial charge < -0.3 is 10.4 Å². The number of benzene rings is 1. The van der Waals surface area contributed by atoms with Crippen molar-refractivity contribution in [1.82, 2.24) is 10.2 Å². The molecule has 1 amide bonds. The SMILES string of the molecule is CC(C)(O)C(=O)Nc1cccc2c(=O)[nH][nH]c(=O)c12. The lowest BCUT2D eigenvalue weighted by molar-refractivity contribution is -0.130. The molecule has 7 nitrogen and oxygen atoms in total. The molecule has 0 aliphatic heterocycles. The third-order valence-electron chi connectivity index (χ3n) is 2.63. The van der Waals surface area contributed by atoms with Crippen LogP contribution in [-0.2, 0) is 4.79 Å². The zero-order valence-electron chi connectivity index (χ0n) is 10.4. The minimum Gasteiger partial charge on any atom is -0.381 e.